The number of hydrogen-bond donors (Lipinski definition) is 2. The van der Waals surface area contributed by atoms with Crippen molar-refractivity contribution >= 4 is 28.2 Å². The van der Waals surface area contributed by atoms with E-state index in [4.69, 9.17) is 15.2 Å². The van der Waals surface area contributed by atoms with Crippen LogP contribution in [0, 0.1) is 6.92 Å². The Morgan fingerprint density at radius 3 is 2.44 bits per heavy atom. The Balaban J connectivity index is 2.13. The molecule has 2 amide bonds. The van der Waals surface area contributed by atoms with E-state index in [0.29, 0.717) is 41.5 Å². The van der Waals surface area contributed by atoms with Crippen molar-refractivity contribution in [2.45, 2.75) is 20.3 Å². The summed E-state index contributed by atoms with van der Waals surface area (Å²) in [5.74, 6) is -0.167. The summed E-state index contributed by atoms with van der Waals surface area (Å²) < 4.78 is 10.4. The van der Waals surface area contributed by atoms with Gasteiger partial charge in [-0.05, 0) is 43.2 Å². The van der Waals surface area contributed by atoms with Crippen LogP contribution in [0.4, 0.5) is 5.00 Å². The molecule has 0 bridgehead atoms. The van der Waals surface area contributed by atoms with Gasteiger partial charge in [-0.25, -0.2) is 0 Å². The van der Waals surface area contributed by atoms with Crippen LogP contribution in [-0.2, 0) is 11.2 Å². The highest BCUT2D eigenvalue weighted by atomic mass is 32.1. The highest BCUT2D eigenvalue weighted by Crippen LogP contribution is 2.33. The molecule has 0 aliphatic carbocycles. The van der Waals surface area contributed by atoms with Gasteiger partial charge >= 0.3 is 0 Å². The summed E-state index contributed by atoms with van der Waals surface area (Å²) in [4.78, 5) is 25.2. The zero-order valence-corrected chi connectivity index (χ0v) is 15.4. The molecule has 7 heteroatoms. The maximum atomic E-state index is 12.5. The first kappa shape index (κ1) is 19.0. The van der Waals surface area contributed by atoms with E-state index < -0.39 is 5.91 Å². The van der Waals surface area contributed by atoms with Gasteiger partial charge in [-0.1, -0.05) is 6.92 Å². The molecule has 0 spiro atoms. The quantitative estimate of drug-likeness (QED) is 0.706. The van der Waals surface area contributed by atoms with Gasteiger partial charge in [-0.3, -0.25) is 9.59 Å². The Morgan fingerprint density at radius 1 is 1.20 bits per heavy atom. The summed E-state index contributed by atoms with van der Waals surface area (Å²) >= 11 is 1.36. The first-order chi connectivity index (χ1) is 12.0. The predicted octanol–water partition coefficient (Wildman–Crippen LogP) is 3.00. The molecule has 25 heavy (non-hydrogen) atoms. The number of anilines is 1. The second-order valence-electron chi connectivity index (χ2n) is 5.38. The molecular formula is C18H22N2O4S. The molecule has 1 aromatic carbocycles. The third-order valence-corrected chi connectivity index (χ3v) is 4.77. The van der Waals surface area contributed by atoms with E-state index in [0.717, 1.165) is 10.4 Å². The largest absolute Gasteiger partial charge is 0.491 e. The molecule has 0 atom stereocenters. The number of amides is 2. The Morgan fingerprint density at radius 2 is 1.88 bits per heavy atom. The molecule has 0 fully saturated rings. The molecule has 0 unspecified atom stereocenters. The number of benzene rings is 1. The summed E-state index contributed by atoms with van der Waals surface area (Å²) in [5, 5.41) is 3.29. The number of primary amides is 1. The number of nitrogens with one attached hydrogen (secondary N) is 1. The van der Waals surface area contributed by atoms with Crippen LogP contribution in [0.15, 0.2) is 24.3 Å². The van der Waals surface area contributed by atoms with E-state index in [1.165, 1.54) is 11.3 Å². The van der Waals surface area contributed by atoms with Crippen molar-refractivity contribution in [3.63, 3.8) is 0 Å². The number of carbonyl (C=O) groups is 2. The first-order valence-corrected chi connectivity index (χ1v) is 8.74. The minimum atomic E-state index is -0.529. The molecule has 2 rings (SSSR count). The van der Waals surface area contributed by atoms with Gasteiger partial charge in [-0.2, -0.15) is 0 Å². The maximum absolute atomic E-state index is 12.5. The molecule has 0 aliphatic rings. The van der Waals surface area contributed by atoms with Gasteiger partial charge in [0.25, 0.3) is 11.8 Å². The average Bonchev–Trinajstić information content (AvgIpc) is 2.91. The summed E-state index contributed by atoms with van der Waals surface area (Å²) in [5.41, 5.74) is 7.24. The van der Waals surface area contributed by atoms with Crippen molar-refractivity contribution in [1.82, 2.24) is 0 Å². The number of nitrogens with two attached hydrogens (primary N) is 1. The molecule has 0 saturated heterocycles. The summed E-state index contributed by atoms with van der Waals surface area (Å²) in [6, 6.07) is 6.78. The zero-order chi connectivity index (χ0) is 18.4. The third-order valence-electron chi connectivity index (χ3n) is 3.71. The lowest BCUT2D eigenvalue weighted by Gasteiger charge is -2.08. The fourth-order valence-electron chi connectivity index (χ4n) is 2.47. The van der Waals surface area contributed by atoms with Crippen LogP contribution < -0.4 is 15.8 Å². The molecular weight excluding hydrogens is 340 g/mol. The Bertz CT molecular complexity index is 753. The van der Waals surface area contributed by atoms with Crippen molar-refractivity contribution in [1.29, 1.82) is 0 Å². The Labute approximate surface area is 150 Å². The topological polar surface area (TPSA) is 90.7 Å². The van der Waals surface area contributed by atoms with Crippen LogP contribution in [0.2, 0.25) is 0 Å². The number of hydrogen-bond acceptors (Lipinski definition) is 5. The lowest BCUT2D eigenvalue weighted by atomic mass is 10.1. The van der Waals surface area contributed by atoms with Crippen LogP contribution in [0.1, 0.15) is 38.1 Å². The SMILES string of the molecule is CCc1c(C)sc(NC(=O)c2ccc(OCCOC)cc2)c1C(N)=O. The number of carbonyl (C=O) groups excluding carboxylic acids is 2. The van der Waals surface area contributed by atoms with Gasteiger partial charge in [0.05, 0.1) is 12.2 Å². The van der Waals surface area contributed by atoms with Crippen molar-refractivity contribution < 1.29 is 19.1 Å². The summed E-state index contributed by atoms with van der Waals surface area (Å²) in [6.45, 7) is 4.81. The highest BCUT2D eigenvalue weighted by Gasteiger charge is 2.20. The number of aryl methyl sites for hydroxylation is 1. The molecule has 0 aliphatic heterocycles. The minimum absolute atomic E-state index is 0.296. The number of ether oxygens (including phenoxy) is 2. The van der Waals surface area contributed by atoms with Crippen molar-refractivity contribution in [3.8, 4) is 5.75 Å². The molecule has 1 aromatic heterocycles. The van der Waals surface area contributed by atoms with E-state index in [9.17, 15) is 9.59 Å². The molecule has 1 heterocycles. The van der Waals surface area contributed by atoms with Crippen LogP contribution in [-0.4, -0.2) is 32.1 Å². The molecule has 6 nitrogen and oxygen atoms in total. The predicted molar refractivity (Wildman–Crippen MR) is 98.7 cm³/mol. The Kier molecular flexibility index (Phi) is 6.55. The third kappa shape index (κ3) is 4.58. The van der Waals surface area contributed by atoms with Crippen molar-refractivity contribution in [2.24, 2.45) is 5.73 Å². The zero-order valence-electron chi connectivity index (χ0n) is 14.5. The monoisotopic (exact) mass is 362 g/mol. The van der Waals surface area contributed by atoms with E-state index in [1.807, 2.05) is 13.8 Å². The first-order valence-electron chi connectivity index (χ1n) is 7.93. The van der Waals surface area contributed by atoms with Gasteiger partial charge in [0.2, 0.25) is 0 Å². The lowest BCUT2D eigenvalue weighted by molar-refractivity contribution is 0.100. The molecule has 0 saturated carbocycles. The number of rotatable bonds is 8. The van der Waals surface area contributed by atoms with Crippen LogP contribution in [0.5, 0.6) is 5.75 Å². The van der Waals surface area contributed by atoms with Crippen LogP contribution in [0.25, 0.3) is 0 Å². The van der Waals surface area contributed by atoms with Crippen molar-refractivity contribution in [3.05, 3.63) is 45.8 Å². The standard InChI is InChI=1S/C18H22N2O4S/c1-4-14-11(2)25-18(15(14)16(19)21)20-17(22)12-5-7-13(8-6-12)24-10-9-23-3/h5-8H,4,9-10H2,1-3H3,(H2,19,21)(H,20,22). The second kappa shape index (κ2) is 8.64. The number of methoxy groups -OCH3 is 1. The van der Waals surface area contributed by atoms with E-state index in [2.05, 4.69) is 5.32 Å². The minimum Gasteiger partial charge on any atom is -0.491 e. The Hall–Kier alpha value is -2.38. The second-order valence-corrected chi connectivity index (χ2v) is 6.60. The van der Waals surface area contributed by atoms with Crippen LogP contribution in [0.3, 0.4) is 0 Å². The molecule has 3 N–H and O–H groups in total. The maximum Gasteiger partial charge on any atom is 0.256 e. The van der Waals surface area contributed by atoms with E-state index in [-0.39, 0.29) is 5.91 Å². The van der Waals surface area contributed by atoms with E-state index >= 15 is 0 Å². The van der Waals surface area contributed by atoms with Crippen molar-refractivity contribution in [2.75, 3.05) is 25.6 Å². The van der Waals surface area contributed by atoms with Gasteiger partial charge < -0.3 is 20.5 Å². The van der Waals surface area contributed by atoms with Gasteiger partial charge in [0.15, 0.2) is 0 Å². The van der Waals surface area contributed by atoms with E-state index in [1.54, 1.807) is 31.4 Å². The smallest absolute Gasteiger partial charge is 0.256 e. The van der Waals surface area contributed by atoms with Gasteiger partial charge in [-0.15, -0.1) is 11.3 Å². The molecule has 0 radical (unpaired) electrons. The summed E-state index contributed by atoms with van der Waals surface area (Å²) in [7, 11) is 1.60. The van der Waals surface area contributed by atoms with Gasteiger partial charge in [0, 0.05) is 17.6 Å². The normalized spacial score (nSPS) is 10.5. The fraction of sp³-hybridized carbons (Fsp3) is 0.333. The molecule has 134 valence electrons. The summed E-state index contributed by atoms with van der Waals surface area (Å²) in [6.07, 6.45) is 0.685. The average molecular weight is 362 g/mol. The lowest BCUT2D eigenvalue weighted by Crippen LogP contribution is -2.18. The fourth-order valence-corrected chi connectivity index (χ4v) is 3.62. The molecule has 2 aromatic rings. The number of thiophene rings is 1. The van der Waals surface area contributed by atoms with Crippen LogP contribution >= 0.6 is 11.3 Å². The van der Waals surface area contributed by atoms with Gasteiger partial charge in [0.1, 0.15) is 17.4 Å². The highest BCUT2D eigenvalue weighted by molar-refractivity contribution is 7.16.